The summed E-state index contributed by atoms with van der Waals surface area (Å²) in [5.74, 6) is -0.162. The second kappa shape index (κ2) is 7.42. The lowest BCUT2D eigenvalue weighted by molar-refractivity contribution is -0.0495. The molecule has 0 aliphatic carbocycles. The first-order valence-corrected chi connectivity index (χ1v) is 7.91. The summed E-state index contributed by atoms with van der Waals surface area (Å²) in [6, 6.07) is 6.55. The molecule has 0 unspecified atom stereocenters. The van der Waals surface area contributed by atoms with E-state index in [9.17, 15) is 13.6 Å². The SMILES string of the molecule is Cc1cnc(C(=O)N[C@H]2CCN(c3ccccc3OC(F)F)C2)cn1. The van der Waals surface area contributed by atoms with E-state index >= 15 is 0 Å². The third-order valence-electron chi connectivity index (χ3n) is 3.96. The molecule has 3 rings (SSSR count). The summed E-state index contributed by atoms with van der Waals surface area (Å²) in [5, 5.41) is 2.90. The fourth-order valence-electron chi connectivity index (χ4n) is 2.78. The van der Waals surface area contributed by atoms with Crippen LogP contribution >= 0.6 is 0 Å². The van der Waals surface area contributed by atoms with E-state index in [0.717, 1.165) is 5.69 Å². The molecule has 1 saturated heterocycles. The largest absolute Gasteiger partial charge is 0.433 e. The van der Waals surface area contributed by atoms with Crippen molar-refractivity contribution in [3.63, 3.8) is 0 Å². The summed E-state index contributed by atoms with van der Waals surface area (Å²) in [7, 11) is 0. The molecule has 1 aliphatic heterocycles. The Labute approximate surface area is 143 Å². The van der Waals surface area contributed by atoms with Gasteiger partial charge in [-0.1, -0.05) is 12.1 Å². The van der Waals surface area contributed by atoms with E-state index in [1.807, 2.05) is 4.90 Å². The molecule has 1 N–H and O–H groups in total. The Morgan fingerprint density at radius 3 is 2.84 bits per heavy atom. The van der Waals surface area contributed by atoms with Crippen LogP contribution in [0.3, 0.4) is 0 Å². The molecule has 8 heteroatoms. The highest BCUT2D eigenvalue weighted by molar-refractivity contribution is 5.92. The van der Waals surface area contributed by atoms with Gasteiger partial charge >= 0.3 is 6.61 Å². The summed E-state index contributed by atoms with van der Waals surface area (Å²) in [6.07, 6.45) is 3.67. The Balaban J connectivity index is 1.64. The first-order chi connectivity index (χ1) is 12.0. The summed E-state index contributed by atoms with van der Waals surface area (Å²) in [6.45, 7) is 0.0601. The Hall–Kier alpha value is -2.77. The van der Waals surface area contributed by atoms with Gasteiger partial charge in [-0.15, -0.1) is 0 Å². The Morgan fingerprint density at radius 2 is 2.12 bits per heavy atom. The molecular formula is C17H18F2N4O2. The molecule has 1 aliphatic rings. The second-order valence-corrected chi connectivity index (χ2v) is 5.79. The molecular weight excluding hydrogens is 330 g/mol. The smallest absolute Gasteiger partial charge is 0.387 e. The molecule has 132 valence electrons. The number of carbonyl (C=O) groups excluding carboxylic acids is 1. The molecule has 0 bridgehead atoms. The number of nitrogens with one attached hydrogen (secondary N) is 1. The van der Waals surface area contributed by atoms with Crippen molar-refractivity contribution in [2.75, 3.05) is 18.0 Å². The Bertz CT molecular complexity index is 740. The summed E-state index contributed by atoms with van der Waals surface area (Å²) >= 11 is 0. The number of hydrogen-bond donors (Lipinski definition) is 1. The maximum Gasteiger partial charge on any atom is 0.387 e. The minimum Gasteiger partial charge on any atom is -0.433 e. The number of nitrogens with zero attached hydrogens (tertiary/aromatic N) is 3. The van der Waals surface area contributed by atoms with E-state index in [4.69, 9.17) is 0 Å². The van der Waals surface area contributed by atoms with E-state index in [-0.39, 0.29) is 23.4 Å². The normalized spacial score (nSPS) is 17.0. The molecule has 1 amide bonds. The minimum atomic E-state index is -2.88. The van der Waals surface area contributed by atoms with Gasteiger partial charge in [-0.25, -0.2) is 4.98 Å². The number of para-hydroxylation sites is 2. The van der Waals surface area contributed by atoms with Gasteiger partial charge < -0.3 is 15.0 Å². The van der Waals surface area contributed by atoms with E-state index in [1.54, 1.807) is 25.1 Å². The lowest BCUT2D eigenvalue weighted by Gasteiger charge is -2.22. The standard InChI is InChI=1S/C17H18F2N4O2/c1-11-8-21-13(9-20-11)16(24)22-12-6-7-23(10-12)14-4-2-3-5-15(14)25-17(18)19/h2-5,8-9,12,17H,6-7,10H2,1H3,(H,22,24)/t12-/m0/s1. The van der Waals surface area contributed by atoms with Gasteiger partial charge in [-0.3, -0.25) is 9.78 Å². The van der Waals surface area contributed by atoms with Gasteiger partial charge in [0.15, 0.2) is 0 Å². The van der Waals surface area contributed by atoms with Gasteiger partial charge in [-0.05, 0) is 25.5 Å². The summed E-state index contributed by atoms with van der Waals surface area (Å²) < 4.78 is 29.7. The molecule has 6 nitrogen and oxygen atoms in total. The van der Waals surface area contributed by atoms with Crippen molar-refractivity contribution >= 4 is 11.6 Å². The number of alkyl halides is 2. The Kier molecular flexibility index (Phi) is 5.06. The quantitative estimate of drug-likeness (QED) is 0.899. The van der Waals surface area contributed by atoms with Gasteiger partial charge in [0, 0.05) is 25.3 Å². The first-order valence-electron chi connectivity index (χ1n) is 7.91. The topological polar surface area (TPSA) is 67.4 Å². The van der Waals surface area contributed by atoms with Gasteiger partial charge in [0.05, 0.1) is 17.6 Å². The van der Waals surface area contributed by atoms with Gasteiger partial charge in [0.25, 0.3) is 5.91 Å². The van der Waals surface area contributed by atoms with Crippen molar-refractivity contribution in [1.82, 2.24) is 15.3 Å². The minimum absolute atomic E-state index is 0.102. The monoisotopic (exact) mass is 348 g/mol. The van der Waals surface area contributed by atoms with Crippen LogP contribution in [0, 0.1) is 6.92 Å². The maximum absolute atomic E-state index is 12.5. The Morgan fingerprint density at radius 1 is 1.32 bits per heavy atom. The number of anilines is 1. The van der Waals surface area contributed by atoms with Crippen LogP contribution < -0.4 is 15.0 Å². The van der Waals surface area contributed by atoms with Gasteiger partial charge in [-0.2, -0.15) is 8.78 Å². The van der Waals surface area contributed by atoms with Crippen LogP contribution in [0.4, 0.5) is 14.5 Å². The van der Waals surface area contributed by atoms with Crippen LogP contribution in [0.25, 0.3) is 0 Å². The number of aryl methyl sites for hydroxylation is 1. The van der Waals surface area contributed by atoms with Crippen LogP contribution in [0.5, 0.6) is 5.75 Å². The molecule has 2 heterocycles. The van der Waals surface area contributed by atoms with Crippen LogP contribution in [0.2, 0.25) is 0 Å². The lowest BCUT2D eigenvalue weighted by atomic mass is 10.2. The maximum atomic E-state index is 12.5. The van der Waals surface area contributed by atoms with E-state index in [2.05, 4.69) is 20.0 Å². The van der Waals surface area contributed by atoms with Crippen molar-refractivity contribution in [2.45, 2.75) is 26.0 Å². The molecule has 1 aromatic heterocycles. The molecule has 0 spiro atoms. The van der Waals surface area contributed by atoms with E-state index < -0.39 is 6.61 Å². The predicted octanol–water partition coefficient (Wildman–Crippen LogP) is 2.40. The van der Waals surface area contributed by atoms with E-state index in [1.165, 1.54) is 18.5 Å². The van der Waals surface area contributed by atoms with Crippen molar-refractivity contribution in [1.29, 1.82) is 0 Å². The molecule has 1 aromatic carbocycles. The third-order valence-corrected chi connectivity index (χ3v) is 3.96. The highest BCUT2D eigenvalue weighted by Gasteiger charge is 2.27. The number of carbonyl (C=O) groups is 1. The average Bonchev–Trinajstić information content (AvgIpc) is 3.03. The molecule has 25 heavy (non-hydrogen) atoms. The molecule has 1 fully saturated rings. The summed E-state index contributed by atoms with van der Waals surface area (Å²) in [4.78, 5) is 22.2. The van der Waals surface area contributed by atoms with Crippen LogP contribution in [-0.4, -0.2) is 41.6 Å². The average molecular weight is 348 g/mol. The van der Waals surface area contributed by atoms with Gasteiger partial charge in [0.1, 0.15) is 11.4 Å². The number of amides is 1. The third kappa shape index (κ3) is 4.20. The molecule has 0 saturated carbocycles. The number of benzene rings is 1. The second-order valence-electron chi connectivity index (χ2n) is 5.79. The molecule has 0 radical (unpaired) electrons. The van der Waals surface area contributed by atoms with Crippen LogP contribution in [-0.2, 0) is 0 Å². The zero-order chi connectivity index (χ0) is 17.8. The highest BCUT2D eigenvalue weighted by atomic mass is 19.3. The number of hydrogen-bond acceptors (Lipinski definition) is 5. The van der Waals surface area contributed by atoms with Gasteiger partial charge in [0.2, 0.25) is 0 Å². The van der Waals surface area contributed by atoms with Crippen molar-refractivity contribution in [3.8, 4) is 5.75 Å². The van der Waals surface area contributed by atoms with Crippen molar-refractivity contribution in [3.05, 3.63) is 48.0 Å². The fourth-order valence-corrected chi connectivity index (χ4v) is 2.78. The number of rotatable bonds is 5. The van der Waals surface area contributed by atoms with Crippen molar-refractivity contribution in [2.24, 2.45) is 0 Å². The number of aromatic nitrogens is 2. The lowest BCUT2D eigenvalue weighted by Crippen LogP contribution is -2.37. The zero-order valence-electron chi connectivity index (χ0n) is 13.7. The van der Waals surface area contributed by atoms with Crippen molar-refractivity contribution < 1.29 is 18.3 Å². The number of ether oxygens (including phenoxy) is 1. The predicted molar refractivity (Wildman–Crippen MR) is 87.9 cm³/mol. The fraction of sp³-hybridized carbons (Fsp3) is 0.353. The first kappa shape index (κ1) is 17.1. The van der Waals surface area contributed by atoms with Crippen LogP contribution in [0.1, 0.15) is 22.6 Å². The van der Waals surface area contributed by atoms with Crippen LogP contribution in [0.15, 0.2) is 36.7 Å². The molecule has 1 atom stereocenters. The number of halogens is 2. The highest BCUT2D eigenvalue weighted by Crippen LogP contribution is 2.31. The van der Waals surface area contributed by atoms with E-state index in [0.29, 0.717) is 25.2 Å². The molecule has 2 aromatic rings. The zero-order valence-corrected chi connectivity index (χ0v) is 13.7. The summed E-state index contributed by atoms with van der Waals surface area (Å²) in [5.41, 5.74) is 1.58.